The van der Waals surface area contributed by atoms with Gasteiger partial charge in [-0.25, -0.2) is 0 Å². The van der Waals surface area contributed by atoms with Crippen LogP contribution in [0, 0.1) is 12.8 Å². The Kier molecular flexibility index (Phi) is 4.99. The van der Waals surface area contributed by atoms with E-state index in [-0.39, 0.29) is 5.25 Å². The van der Waals surface area contributed by atoms with Gasteiger partial charge in [-0.05, 0) is 5.41 Å². The summed E-state index contributed by atoms with van der Waals surface area (Å²) in [6, 6.07) is 0. The SMILES string of the molecule is C#C.O=C(O)C1C=CSS1. The van der Waals surface area contributed by atoms with Crippen molar-refractivity contribution in [2.45, 2.75) is 5.25 Å². The molecule has 0 saturated carbocycles. The van der Waals surface area contributed by atoms with Gasteiger partial charge in [0.2, 0.25) is 0 Å². The maximum absolute atomic E-state index is 10.1. The summed E-state index contributed by atoms with van der Waals surface area (Å²) in [6.07, 6.45) is 9.68. The molecule has 1 atom stereocenters. The summed E-state index contributed by atoms with van der Waals surface area (Å²) >= 11 is 0. The monoisotopic (exact) mass is 174 g/mol. The van der Waals surface area contributed by atoms with Crippen LogP contribution in [0.1, 0.15) is 0 Å². The van der Waals surface area contributed by atoms with Gasteiger partial charge in [0.05, 0.1) is 0 Å². The molecule has 0 fully saturated rings. The summed E-state index contributed by atoms with van der Waals surface area (Å²) < 4.78 is 0. The molecule has 0 aliphatic carbocycles. The van der Waals surface area contributed by atoms with Crippen LogP contribution in [0.5, 0.6) is 0 Å². The van der Waals surface area contributed by atoms with Gasteiger partial charge >= 0.3 is 5.97 Å². The zero-order valence-corrected chi connectivity index (χ0v) is 6.69. The van der Waals surface area contributed by atoms with E-state index in [1.807, 2.05) is 0 Å². The number of hydrogen-bond donors (Lipinski definition) is 1. The van der Waals surface area contributed by atoms with Crippen molar-refractivity contribution in [3.05, 3.63) is 11.5 Å². The smallest absolute Gasteiger partial charge is 0.321 e. The molecule has 4 heteroatoms. The van der Waals surface area contributed by atoms with Crippen LogP contribution in [0.2, 0.25) is 0 Å². The van der Waals surface area contributed by atoms with Gasteiger partial charge in [0, 0.05) is 0 Å². The van der Waals surface area contributed by atoms with Crippen LogP contribution in [0.25, 0.3) is 0 Å². The maximum Gasteiger partial charge on any atom is 0.321 e. The molecule has 54 valence electrons. The molecule has 0 aromatic rings. The zero-order valence-electron chi connectivity index (χ0n) is 5.06. The molecule has 0 amide bonds. The first-order valence-electron chi connectivity index (χ1n) is 2.35. The molecule has 0 spiro atoms. The van der Waals surface area contributed by atoms with Gasteiger partial charge in [-0.2, -0.15) is 0 Å². The normalized spacial score (nSPS) is 21.2. The van der Waals surface area contributed by atoms with Crippen LogP contribution >= 0.6 is 21.6 Å². The summed E-state index contributed by atoms with van der Waals surface area (Å²) in [5.74, 6) is -0.753. The van der Waals surface area contributed by atoms with E-state index in [1.165, 1.54) is 21.6 Å². The number of terminal acetylenes is 1. The Morgan fingerprint density at radius 3 is 2.40 bits per heavy atom. The Morgan fingerprint density at radius 2 is 2.20 bits per heavy atom. The number of carboxylic acids is 1. The van der Waals surface area contributed by atoms with Crippen molar-refractivity contribution in [3.63, 3.8) is 0 Å². The molecule has 10 heavy (non-hydrogen) atoms. The second kappa shape index (κ2) is 5.27. The first-order chi connectivity index (χ1) is 4.80. The van der Waals surface area contributed by atoms with Gasteiger partial charge in [0.1, 0.15) is 5.25 Å². The largest absolute Gasteiger partial charge is 0.480 e. The minimum absolute atomic E-state index is 0.319. The van der Waals surface area contributed by atoms with Gasteiger partial charge in [-0.1, -0.05) is 27.7 Å². The van der Waals surface area contributed by atoms with Gasteiger partial charge in [0.15, 0.2) is 0 Å². The van der Waals surface area contributed by atoms with E-state index in [9.17, 15) is 4.79 Å². The quantitative estimate of drug-likeness (QED) is 0.484. The fraction of sp³-hybridized carbons (Fsp3) is 0.167. The van der Waals surface area contributed by atoms with Crippen molar-refractivity contribution in [3.8, 4) is 12.8 Å². The van der Waals surface area contributed by atoms with Crippen molar-refractivity contribution in [2.75, 3.05) is 0 Å². The highest BCUT2D eigenvalue weighted by atomic mass is 33.1. The molecule has 1 rings (SSSR count). The highest BCUT2D eigenvalue weighted by molar-refractivity contribution is 8.78. The second-order valence-electron chi connectivity index (χ2n) is 1.28. The molecule has 1 heterocycles. The molecule has 0 aromatic heterocycles. The van der Waals surface area contributed by atoms with E-state index in [4.69, 9.17) is 5.11 Å². The van der Waals surface area contributed by atoms with E-state index in [0.29, 0.717) is 0 Å². The van der Waals surface area contributed by atoms with Crippen LogP contribution in [0.3, 0.4) is 0 Å². The summed E-state index contributed by atoms with van der Waals surface area (Å²) in [5, 5.41) is 9.80. The standard InChI is InChI=1S/C4H4O2S2.C2H2/c5-4(6)3-1-2-7-8-3;1-2/h1-3H,(H,5,6);1-2H. The molecule has 1 N–H and O–H groups in total. The first kappa shape index (κ1) is 9.47. The molecular formula is C6H6O2S2. The number of aliphatic carboxylic acids is 1. The molecular weight excluding hydrogens is 168 g/mol. The van der Waals surface area contributed by atoms with E-state index in [2.05, 4.69) is 12.8 Å². The molecule has 0 bridgehead atoms. The number of carbonyl (C=O) groups is 1. The van der Waals surface area contributed by atoms with E-state index < -0.39 is 5.97 Å². The van der Waals surface area contributed by atoms with E-state index in [0.717, 1.165) is 0 Å². The molecule has 0 saturated heterocycles. The molecule has 1 unspecified atom stereocenters. The van der Waals surface area contributed by atoms with Crippen LogP contribution in [-0.2, 0) is 4.79 Å². The van der Waals surface area contributed by atoms with Crippen LogP contribution < -0.4 is 0 Å². The third-order valence-electron chi connectivity index (χ3n) is 0.712. The Labute approximate surface area is 67.5 Å². The Bertz CT molecular complexity index is 162. The highest BCUT2D eigenvalue weighted by Crippen LogP contribution is 2.35. The lowest BCUT2D eigenvalue weighted by Gasteiger charge is -1.94. The summed E-state index contributed by atoms with van der Waals surface area (Å²) in [5.41, 5.74) is 0. The molecule has 1 aliphatic heterocycles. The third kappa shape index (κ3) is 2.85. The van der Waals surface area contributed by atoms with E-state index >= 15 is 0 Å². The number of carboxylic acid groups (broad SMARTS) is 1. The fourth-order valence-electron chi connectivity index (χ4n) is 0.351. The van der Waals surface area contributed by atoms with Crippen molar-refractivity contribution in [1.29, 1.82) is 0 Å². The minimum Gasteiger partial charge on any atom is -0.480 e. The molecule has 2 nitrogen and oxygen atoms in total. The van der Waals surface area contributed by atoms with Gasteiger partial charge in [-0.3, -0.25) is 4.79 Å². The van der Waals surface area contributed by atoms with Crippen molar-refractivity contribution >= 4 is 27.6 Å². The molecule has 0 aromatic carbocycles. The molecule has 0 radical (unpaired) electrons. The van der Waals surface area contributed by atoms with E-state index in [1.54, 1.807) is 11.5 Å². The fourth-order valence-corrected chi connectivity index (χ4v) is 2.26. The topological polar surface area (TPSA) is 37.3 Å². The zero-order chi connectivity index (χ0) is 7.98. The van der Waals surface area contributed by atoms with Crippen molar-refractivity contribution in [1.82, 2.24) is 0 Å². The van der Waals surface area contributed by atoms with Gasteiger partial charge in [0.25, 0.3) is 0 Å². The predicted octanol–water partition coefficient (Wildman–Crippen LogP) is 1.60. The third-order valence-corrected chi connectivity index (χ3v) is 2.95. The predicted molar refractivity (Wildman–Crippen MR) is 45.6 cm³/mol. The first-order valence-corrected chi connectivity index (χ1v) is 4.63. The van der Waals surface area contributed by atoms with Crippen molar-refractivity contribution in [2.24, 2.45) is 0 Å². The lowest BCUT2D eigenvalue weighted by atomic mass is 10.4. The second-order valence-corrected chi connectivity index (χ2v) is 3.60. The lowest BCUT2D eigenvalue weighted by Crippen LogP contribution is -2.09. The summed E-state index contributed by atoms with van der Waals surface area (Å²) in [6.45, 7) is 0. The molecule has 1 aliphatic rings. The minimum atomic E-state index is -0.753. The summed E-state index contributed by atoms with van der Waals surface area (Å²) in [4.78, 5) is 10.1. The average Bonchev–Trinajstić information content (AvgIpc) is 2.42. The average molecular weight is 174 g/mol. The number of rotatable bonds is 1. The highest BCUT2D eigenvalue weighted by Gasteiger charge is 2.17. The Hall–Kier alpha value is -0.530. The van der Waals surface area contributed by atoms with Gasteiger partial charge < -0.3 is 5.11 Å². The summed E-state index contributed by atoms with van der Waals surface area (Å²) in [7, 11) is 2.82. The number of hydrogen-bond acceptors (Lipinski definition) is 3. The van der Waals surface area contributed by atoms with Crippen LogP contribution in [0.15, 0.2) is 11.5 Å². The maximum atomic E-state index is 10.1. The van der Waals surface area contributed by atoms with Gasteiger partial charge in [-0.15, -0.1) is 12.8 Å². The lowest BCUT2D eigenvalue weighted by molar-refractivity contribution is -0.135. The van der Waals surface area contributed by atoms with Crippen LogP contribution in [0.4, 0.5) is 0 Å². The van der Waals surface area contributed by atoms with Crippen LogP contribution in [-0.4, -0.2) is 16.3 Å². The Morgan fingerprint density at radius 1 is 1.60 bits per heavy atom. The van der Waals surface area contributed by atoms with Crippen molar-refractivity contribution < 1.29 is 9.90 Å². The Balaban J connectivity index is 0.000000371.